The molecule has 0 saturated carbocycles. The number of rotatable bonds is 6. The van der Waals surface area contributed by atoms with Gasteiger partial charge >= 0.3 is 5.97 Å². The quantitative estimate of drug-likeness (QED) is 0.369. The second-order valence-electron chi connectivity index (χ2n) is 5.74. The highest BCUT2D eigenvalue weighted by atomic mass is 79.9. The maximum Gasteiger partial charge on any atom is 0.338 e. The molecule has 2 heterocycles. The third kappa shape index (κ3) is 4.02. The van der Waals surface area contributed by atoms with Gasteiger partial charge in [0.05, 0.1) is 32.9 Å². The average molecular weight is 514 g/mol. The zero-order chi connectivity index (χ0) is 19.6. The van der Waals surface area contributed by atoms with Crippen LogP contribution < -0.4 is 4.74 Å². The summed E-state index contributed by atoms with van der Waals surface area (Å²) in [7, 11) is 0. The van der Waals surface area contributed by atoms with Gasteiger partial charge < -0.3 is 14.4 Å². The number of esters is 1. The summed E-state index contributed by atoms with van der Waals surface area (Å²) in [5.74, 6) is 0.334. The fourth-order valence-corrected chi connectivity index (χ4v) is 5.16. The standard InChI is InChI=1S/C19H18Br2N2O3S/c1-4-7-26-17-13(20)9-12(10-14(17)21)16-15(18(24)25-5-2)11(3)22-19-23(16)6-8-27-19/h4,6,8-10,16H,1,5,7H2,2-3H3/t16-/m0/s1. The maximum absolute atomic E-state index is 12.7. The lowest BCUT2D eigenvalue weighted by Crippen LogP contribution is -2.34. The minimum Gasteiger partial charge on any atom is -0.487 e. The molecule has 1 aromatic carbocycles. The van der Waals surface area contributed by atoms with E-state index in [9.17, 15) is 4.79 Å². The molecule has 1 aromatic rings. The number of amidine groups is 1. The van der Waals surface area contributed by atoms with Crippen LogP contribution in [0.25, 0.3) is 0 Å². The number of carbonyl (C=O) groups is 1. The number of fused-ring (bicyclic) bond motifs is 1. The number of ether oxygens (including phenoxy) is 2. The number of thioether (sulfide) groups is 1. The van der Waals surface area contributed by atoms with E-state index >= 15 is 0 Å². The van der Waals surface area contributed by atoms with Crippen molar-refractivity contribution in [2.45, 2.75) is 19.9 Å². The molecule has 2 aliphatic heterocycles. The van der Waals surface area contributed by atoms with Gasteiger partial charge in [0, 0.05) is 6.20 Å². The van der Waals surface area contributed by atoms with Gasteiger partial charge in [-0.25, -0.2) is 9.79 Å². The van der Waals surface area contributed by atoms with Gasteiger partial charge in [-0.2, -0.15) is 0 Å². The average Bonchev–Trinajstić information content (AvgIpc) is 3.07. The van der Waals surface area contributed by atoms with Gasteiger partial charge in [0.1, 0.15) is 12.4 Å². The molecule has 2 aliphatic rings. The highest BCUT2D eigenvalue weighted by Gasteiger charge is 2.37. The number of nitrogens with zero attached hydrogens (tertiary/aromatic N) is 2. The number of hydrogen-bond donors (Lipinski definition) is 0. The van der Waals surface area contributed by atoms with E-state index in [1.54, 1.807) is 13.0 Å². The van der Waals surface area contributed by atoms with Crippen LogP contribution in [-0.2, 0) is 9.53 Å². The van der Waals surface area contributed by atoms with Crippen molar-refractivity contribution in [3.63, 3.8) is 0 Å². The Bertz CT molecular complexity index is 857. The first-order chi connectivity index (χ1) is 13.0. The smallest absolute Gasteiger partial charge is 0.338 e. The topological polar surface area (TPSA) is 51.1 Å². The van der Waals surface area contributed by atoms with Crippen molar-refractivity contribution in [3.8, 4) is 5.75 Å². The summed E-state index contributed by atoms with van der Waals surface area (Å²) in [4.78, 5) is 19.3. The molecule has 0 saturated heterocycles. The van der Waals surface area contributed by atoms with Crippen molar-refractivity contribution in [2.24, 2.45) is 4.99 Å². The van der Waals surface area contributed by atoms with Crippen molar-refractivity contribution in [1.82, 2.24) is 4.90 Å². The van der Waals surface area contributed by atoms with Gasteiger partial charge in [-0.15, -0.1) is 0 Å². The molecule has 0 bridgehead atoms. The molecule has 0 unspecified atom stereocenters. The summed E-state index contributed by atoms with van der Waals surface area (Å²) in [6.45, 7) is 8.02. The van der Waals surface area contributed by atoms with Crippen molar-refractivity contribution in [1.29, 1.82) is 0 Å². The SMILES string of the molecule is C=CCOc1c(Br)cc([C@H]2C(C(=O)OCC)=C(C)N=C3SC=CN32)cc1Br. The van der Waals surface area contributed by atoms with Crippen LogP contribution in [0.3, 0.4) is 0 Å². The van der Waals surface area contributed by atoms with Crippen LogP contribution >= 0.6 is 43.6 Å². The lowest BCUT2D eigenvalue weighted by molar-refractivity contribution is -0.139. The number of hydrogen-bond acceptors (Lipinski definition) is 6. The molecule has 5 nitrogen and oxygen atoms in total. The van der Waals surface area contributed by atoms with Crippen molar-refractivity contribution >= 4 is 54.8 Å². The Morgan fingerprint density at radius 2 is 2.11 bits per heavy atom. The molecule has 0 radical (unpaired) electrons. The van der Waals surface area contributed by atoms with Gasteiger partial charge in [-0.1, -0.05) is 24.4 Å². The molecule has 3 rings (SSSR count). The minimum atomic E-state index is -0.354. The molecule has 0 spiro atoms. The molecule has 0 fully saturated rings. The van der Waals surface area contributed by atoms with Crippen LogP contribution in [0.15, 0.2) is 61.6 Å². The fourth-order valence-electron chi connectivity index (χ4n) is 2.92. The van der Waals surface area contributed by atoms with E-state index in [4.69, 9.17) is 9.47 Å². The van der Waals surface area contributed by atoms with E-state index in [2.05, 4.69) is 43.4 Å². The Balaban J connectivity index is 2.09. The number of aliphatic imine (C=N–C) groups is 1. The van der Waals surface area contributed by atoms with Crippen LogP contribution in [0.1, 0.15) is 25.5 Å². The summed E-state index contributed by atoms with van der Waals surface area (Å²) in [6, 6.07) is 3.59. The second kappa shape index (κ2) is 8.67. The summed E-state index contributed by atoms with van der Waals surface area (Å²) in [5.41, 5.74) is 2.12. The Morgan fingerprint density at radius 3 is 2.74 bits per heavy atom. The highest BCUT2D eigenvalue weighted by Crippen LogP contribution is 2.44. The van der Waals surface area contributed by atoms with Crippen molar-refractivity contribution in [3.05, 3.63) is 62.2 Å². The van der Waals surface area contributed by atoms with Crippen LogP contribution in [0.5, 0.6) is 5.75 Å². The molecule has 0 aromatic heterocycles. The second-order valence-corrected chi connectivity index (χ2v) is 8.32. The van der Waals surface area contributed by atoms with Crippen molar-refractivity contribution in [2.75, 3.05) is 13.2 Å². The lowest BCUT2D eigenvalue weighted by atomic mass is 9.95. The van der Waals surface area contributed by atoms with Crippen LogP contribution in [0, 0.1) is 0 Å². The number of carbonyl (C=O) groups excluding carboxylic acids is 1. The molecule has 0 amide bonds. The fraction of sp³-hybridized carbons (Fsp3) is 0.263. The van der Waals surface area contributed by atoms with E-state index < -0.39 is 0 Å². The maximum atomic E-state index is 12.7. The zero-order valence-corrected chi connectivity index (χ0v) is 18.9. The predicted molar refractivity (Wildman–Crippen MR) is 116 cm³/mol. The number of allylic oxidation sites excluding steroid dienone is 1. The van der Waals surface area contributed by atoms with E-state index in [0.29, 0.717) is 30.2 Å². The van der Waals surface area contributed by atoms with Crippen LogP contribution in [0.4, 0.5) is 0 Å². The van der Waals surface area contributed by atoms with E-state index in [-0.39, 0.29) is 12.0 Å². The van der Waals surface area contributed by atoms with Gasteiger partial charge in [-0.3, -0.25) is 0 Å². The summed E-state index contributed by atoms with van der Waals surface area (Å²) in [6.07, 6.45) is 3.62. The Labute approximate surface area is 179 Å². The Hall–Kier alpha value is -1.51. The molecular weight excluding hydrogens is 496 g/mol. The van der Waals surface area contributed by atoms with E-state index in [1.165, 1.54) is 11.8 Å². The number of halogens is 2. The first kappa shape index (κ1) is 20.2. The monoisotopic (exact) mass is 512 g/mol. The largest absolute Gasteiger partial charge is 0.487 e. The molecule has 0 aliphatic carbocycles. The third-order valence-corrected chi connectivity index (χ3v) is 5.95. The summed E-state index contributed by atoms with van der Waals surface area (Å²) >= 11 is 8.68. The van der Waals surface area contributed by atoms with E-state index in [0.717, 1.165) is 19.7 Å². The predicted octanol–water partition coefficient (Wildman–Crippen LogP) is 5.54. The lowest BCUT2D eigenvalue weighted by Gasteiger charge is -2.33. The zero-order valence-electron chi connectivity index (χ0n) is 14.9. The minimum absolute atomic E-state index is 0.311. The Morgan fingerprint density at radius 1 is 1.41 bits per heavy atom. The first-order valence-corrected chi connectivity index (χ1v) is 10.7. The first-order valence-electron chi connectivity index (χ1n) is 8.28. The van der Waals surface area contributed by atoms with Crippen LogP contribution in [0.2, 0.25) is 0 Å². The molecule has 8 heteroatoms. The van der Waals surface area contributed by atoms with Gasteiger partial charge in [-0.05, 0) is 68.8 Å². The van der Waals surface area contributed by atoms with Crippen LogP contribution in [-0.4, -0.2) is 29.3 Å². The van der Waals surface area contributed by atoms with Gasteiger partial charge in [0.2, 0.25) is 0 Å². The summed E-state index contributed by atoms with van der Waals surface area (Å²) in [5, 5.41) is 2.79. The normalized spacial score (nSPS) is 18.3. The molecule has 27 heavy (non-hydrogen) atoms. The van der Waals surface area contributed by atoms with Gasteiger partial charge in [0.25, 0.3) is 0 Å². The van der Waals surface area contributed by atoms with Gasteiger partial charge in [0.15, 0.2) is 5.17 Å². The highest BCUT2D eigenvalue weighted by molar-refractivity contribution is 9.11. The molecule has 142 valence electrons. The third-order valence-electron chi connectivity index (χ3n) is 4.00. The summed E-state index contributed by atoms with van der Waals surface area (Å²) < 4.78 is 12.6. The van der Waals surface area contributed by atoms with E-state index in [1.807, 2.05) is 35.6 Å². The van der Waals surface area contributed by atoms with Crippen molar-refractivity contribution < 1.29 is 14.3 Å². The number of benzene rings is 1. The molecule has 0 N–H and O–H groups in total. The molecule has 1 atom stereocenters. The Kier molecular flexibility index (Phi) is 6.49. The molecular formula is C19H18Br2N2O3S.